The average molecular weight is 268 g/mol. The topological polar surface area (TPSA) is 46.2 Å². The predicted octanol–water partition coefficient (Wildman–Crippen LogP) is 2.36. The summed E-state index contributed by atoms with van der Waals surface area (Å²) in [4.78, 5) is 0. The SMILES string of the molecule is CC1CCCC(CNS(=O)(=O)CCCCl)C1. The molecular formula is C11H22ClNO2S. The fraction of sp³-hybridized carbons (Fsp3) is 1.00. The number of alkyl halides is 1. The van der Waals surface area contributed by atoms with Gasteiger partial charge >= 0.3 is 0 Å². The van der Waals surface area contributed by atoms with Crippen LogP contribution in [-0.4, -0.2) is 26.6 Å². The van der Waals surface area contributed by atoms with E-state index < -0.39 is 10.0 Å². The highest BCUT2D eigenvalue weighted by Crippen LogP contribution is 2.27. The Balaban J connectivity index is 2.27. The summed E-state index contributed by atoms with van der Waals surface area (Å²) in [5.41, 5.74) is 0. The molecule has 0 aromatic carbocycles. The molecule has 0 radical (unpaired) electrons. The van der Waals surface area contributed by atoms with Crippen LogP contribution < -0.4 is 4.72 Å². The number of hydrogen-bond donors (Lipinski definition) is 1. The summed E-state index contributed by atoms with van der Waals surface area (Å²) in [6, 6.07) is 0. The third-order valence-electron chi connectivity index (χ3n) is 3.18. The Labute approximate surface area is 104 Å². The normalized spacial score (nSPS) is 26.9. The van der Waals surface area contributed by atoms with Crippen molar-refractivity contribution in [2.45, 2.75) is 39.0 Å². The summed E-state index contributed by atoms with van der Waals surface area (Å²) < 4.78 is 25.8. The van der Waals surface area contributed by atoms with E-state index in [2.05, 4.69) is 11.6 Å². The Morgan fingerprint density at radius 3 is 2.75 bits per heavy atom. The molecule has 5 heteroatoms. The molecule has 1 rings (SSSR count). The summed E-state index contributed by atoms with van der Waals surface area (Å²) in [5.74, 6) is 1.82. The smallest absolute Gasteiger partial charge is 0.211 e. The van der Waals surface area contributed by atoms with Crippen molar-refractivity contribution >= 4 is 21.6 Å². The van der Waals surface area contributed by atoms with Crippen LogP contribution >= 0.6 is 11.6 Å². The van der Waals surface area contributed by atoms with Gasteiger partial charge in [0.1, 0.15) is 0 Å². The van der Waals surface area contributed by atoms with Crippen LogP contribution in [0.3, 0.4) is 0 Å². The van der Waals surface area contributed by atoms with E-state index in [1.54, 1.807) is 0 Å². The van der Waals surface area contributed by atoms with E-state index in [0.717, 1.165) is 18.8 Å². The summed E-state index contributed by atoms with van der Waals surface area (Å²) in [6.07, 6.45) is 5.35. The third kappa shape index (κ3) is 5.51. The highest BCUT2D eigenvalue weighted by atomic mass is 35.5. The molecule has 0 aromatic heterocycles. The van der Waals surface area contributed by atoms with E-state index in [1.165, 1.54) is 12.8 Å². The van der Waals surface area contributed by atoms with Crippen molar-refractivity contribution in [1.82, 2.24) is 4.72 Å². The fourth-order valence-electron chi connectivity index (χ4n) is 2.31. The van der Waals surface area contributed by atoms with Gasteiger partial charge in [-0.15, -0.1) is 11.6 Å². The van der Waals surface area contributed by atoms with Gasteiger partial charge in [-0.2, -0.15) is 0 Å². The Morgan fingerprint density at radius 1 is 1.38 bits per heavy atom. The molecule has 0 bridgehead atoms. The summed E-state index contributed by atoms with van der Waals surface area (Å²) in [7, 11) is -3.10. The fourth-order valence-corrected chi connectivity index (χ4v) is 3.76. The van der Waals surface area contributed by atoms with Crippen molar-refractivity contribution < 1.29 is 8.42 Å². The molecule has 0 aromatic rings. The zero-order chi connectivity index (χ0) is 12.0. The number of hydrogen-bond acceptors (Lipinski definition) is 2. The van der Waals surface area contributed by atoms with Crippen LogP contribution in [0.5, 0.6) is 0 Å². The molecule has 0 aliphatic heterocycles. The minimum atomic E-state index is -3.10. The van der Waals surface area contributed by atoms with Crippen LogP contribution in [-0.2, 0) is 10.0 Å². The van der Waals surface area contributed by atoms with Crippen molar-refractivity contribution in [2.75, 3.05) is 18.2 Å². The third-order valence-corrected chi connectivity index (χ3v) is 4.88. The van der Waals surface area contributed by atoms with E-state index in [1.807, 2.05) is 0 Å². The average Bonchev–Trinajstić information content (AvgIpc) is 2.24. The monoisotopic (exact) mass is 267 g/mol. The minimum Gasteiger partial charge on any atom is -0.215 e. The first-order valence-corrected chi connectivity index (χ1v) is 8.25. The highest BCUT2D eigenvalue weighted by Gasteiger charge is 2.20. The molecule has 0 amide bonds. The van der Waals surface area contributed by atoms with Gasteiger partial charge in [-0.1, -0.05) is 19.8 Å². The summed E-state index contributed by atoms with van der Waals surface area (Å²) in [5, 5.41) is 0. The maximum absolute atomic E-state index is 11.5. The second kappa shape index (κ2) is 6.82. The van der Waals surface area contributed by atoms with Gasteiger partial charge in [-0.05, 0) is 31.1 Å². The summed E-state index contributed by atoms with van der Waals surface area (Å²) >= 11 is 5.48. The second-order valence-electron chi connectivity index (χ2n) is 4.85. The molecule has 2 unspecified atom stereocenters. The number of rotatable bonds is 6. The molecule has 16 heavy (non-hydrogen) atoms. The lowest BCUT2D eigenvalue weighted by atomic mass is 9.83. The van der Waals surface area contributed by atoms with Gasteiger partial charge in [-0.3, -0.25) is 0 Å². The van der Waals surface area contributed by atoms with Crippen LogP contribution in [0.2, 0.25) is 0 Å². The highest BCUT2D eigenvalue weighted by molar-refractivity contribution is 7.89. The largest absolute Gasteiger partial charge is 0.215 e. The zero-order valence-electron chi connectivity index (χ0n) is 9.91. The molecule has 3 nitrogen and oxygen atoms in total. The Kier molecular flexibility index (Phi) is 6.08. The lowest BCUT2D eigenvalue weighted by Crippen LogP contribution is -2.33. The molecule has 1 fully saturated rings. The van der Waals surface area contributed by atoms with Gasteiger partial charge in [0, 0.05) is 12.4 Å². The van der Waals surface area contributed by atoms with E-state index in [-0.39, 0.29) is 5.75 Å². The molecule has 0 heterocycles. The number of sulfonamides is 1. The van der Waals surface area contributed by atoms with Crippen molar-refractivity contribution in [2.24, 2.45) is 11.8 Å². The molecule has 1 saturated carbocycles. The lowest BCUT2D eigenvalue weighted by Gasteiger charge is -2.26. The van der Waals surface area contributed by atoms with E-state index in [9.17, 15) is 8.42 Å². The maximum atomic E-state index is 11.5. The van der Waals surface area contributed by atoms with Gasteiger partial charge in [0.05, 0.1) is 5.75 Å². The first-order chi connectivity index (χ1) is 7.53. The molecule has 1 N–H and O–H groups in total. The summed E-state index contributed by atoms with van der Waals surface area (Å²) in [6.45, 7) is 2.85. The van der Waals surface area contributed by atoms with Gasteiger partial charge < -0.3 is 0 Å². The van der Waals surface area contributed by atoms with Crippen LogP contribution in [0.4, 0.5) is 0 Å². The Bertz CT molecular complexity index is 292. The van der Waals surface area contributed by atoms with E-state index in [0.29, 0.717) is 24.8 Å². The van der Waals surface area contributed by atoms with Crippen LogP contribution in [0, 0.1) is 11.8 Å². The molecule has 96 valence electrons. The lowest BCUT2D eigenvalue weighted by molar-refractivity contribution is 0.283. The van der Waals surface area contributed by atoms with Crippen LogP contribution in [0.1, 0.15) is 39.0 Å². The maximum Gasteiger partial charge on any atom is 0.211 e. The van der Waals surface area contributed by atoms with E-state index in [4.69, 9.17) is 11.6 Å². The second-order valence-corrected chi connectivity index (χ2v) is 7.15. The Morgan fingerprint density at radius 2 is 2.12 bits per heavy atom. The molecule has 1 aliphatic rings. The molecular weight excluding hydrogens is 246 g/mol. The molecule has 0 spiro atoms. The quantitative estimate of drug-likeness (QED) is 0.751. The van der Waals surface area contributed by atoms with Gasteiger partial charge in [0.15, 0.2) is 0 Å². The van der Waals surface area contributed by atoms with Crippen molar-refractivity contribution in [1.29, 1.82) is 0 Å². The van der Waals surface area contributed by atoms with Gasteiger partial charge in [0.2, 0.25) is 10.0 Å². The molecule has 2 atom stereocenters. The number of halogens is 1. The van der Waals surface area contributed by atoms with Crippen LogP contribution in [0.25, 0.3) is 0 Å². The first-order valence-electron chi connectivity index (χ1n) is 6.07. The molecule has 0 saturated heterocycles. The zero-order valence-corrected chi connectivity index (χ0v) is 11.5. The van der Waals surface area contributed by atoms with Crippen molar-refractivity contribution in [3.8, 4) is 0 Å². The predicted molar refractivity (Wildman–Crippen MR) is 68.2 cm³/mol. The number of nitrogens with one attached hydrogen (secondary N) is 1. The van der Waals surface area contributed by atoms with Crippen molar-refractivity contribution in [3.63, 3.8) is 0 Å². The standard InChI is InChI=1S/C11H22ClNO2S/c1-10-4-2-5-11(8-10)9-13-16(14,15)7-3-6-12/h10-11,13H,2-9H2,1H3. The van der Waals surface area contributed by atoms with Crippen molar-refractivity contribution in [3.05, 3.63) is 0 Å². The van der Waals surface area contributed by atoms with Gasteiger partial charge in [0.25, 0.3) is 0 Å². The minimum absolute atomic E-state index is 0.152. The first kappa shape index (κ1) is 14.3. The van der Waals surface area contributed by atoms with Crippen LogP contribution in [0.15, 0.2) is 0 Å². The molecule has 1 aliphatic carbocycles. The van der Waals surface area contributed by atoms with Gasteiger partial charge in [-0.25, -0.2) is 13.1 Å². The van der Waals surface area contributed by atoms with E-state index >= 15 is 0 Å². The Hall–Kier alpha value is 0.200.